The Morgan fingerprint density at radius 3 is 2.84 bits per heavy atom. The number of likely N-dealkylation sites (N-methyl/N-ethyl adjacent to an activating group) is 2. The van der Waals surface area contributed by atoms with Crippen LogP contribution in [-0.4, -0.2) is 38.1 Å². The molecule has 0 saturated heterocycles. The Morgan fingerprint density at radius 2 is 2.16 bits per heavy atom. The van der Waals surface area contributed by atoms with E-state index < -0.39 is 5.91 Å². The van der Waals surface area contributed by atoms with Crippen LogP contribution in [0.4, 0.5) is 5.82 Å². The van der Waals surface area contributed by atoms with Crippen molar-refractivity contribution in [1.29, 1.82) is 0 Å². The summed E-state index contributed by atoms with van der Waals surface area (Å²) >= 11 is 0. The van der Waals surface area contributed by atoms with Crippen molar-refractivity contribution in [2.45, 2.75) is 0 Å². The smallest absolute Gasteiger partial charge is 0.252 e. The minimum absolute atomic E-state index is 0.454. The molecule has 0 spiro atoms. The first kappa shape index (κ1) is 13.3. The number of nitrogens with one attached hydrogen (secondary N) is 1. The zero-order chi connectivity index (χ0) is 13.8. The second-order valence-corrected chi connectivity index (χ2v) is 4.44. The van der Waals surface area contributed by atoms with Gasteiger partial charge in [0.1, 0.15) is 5.82 Å². The first-order valence-corrected chi connectivity index (χ1v) is 6.19. The molecule has 0 bridgehead atoms. The topological polar surface area (TPSA) is 71.2 Å². The Hall–Kier alpha value is -2.14. The number of nitrogens with zero attached hydrogens (tertiary/aromatic N) is 2. The van der Waals surface area contributed by atoms with Crippen molar-refractivity contribution in [3.05, 3.63) is 35.9 Å². The Balaban J connectivity index is 2.50. The van der Waals surface area contributed by atoms with Gasteiger partial charge < -0.3 is 16.0 Å². The summed E-state index contributed by atoms with van der Waals surface area (Å²) in [6.07, 6.45) is 0. The van der Waals surface area contributed by atoms with Gasteiger partial charge >= 0.3 is 0 Å². The summed E-state index contributed by atoms with van der Waals surface area (Å²) in [6, 6.07) is 9.49. The minimum Gasteiger partial charge on any atom is -0.365 e. The quantitative estimate of drug-likeness (QED) is 0.839. The summed E-state index contributed by atoms with van der Waals surface area (Å²) in [5, 5.41) is 3.99. The lowest BCUT2D eigenvalue weighted by atomic mass is 10.1. The fourth-order valence-electron chi connectivity index (χ4n) is 1.96. The summed E-state index contributed by atoms with van der Waals surface area (Å²) in [5.74, 6) is 0.172. The van der Waals surface area contributed by atoms with Gasteiger partial charge in [-0.05, 0) is 19.2 Å². The van der Waals surface area contributed by atoms with Gasteiger partial charge in [0.05, 0.1) is 11.1 Å². The lowest BCUT2D eigenvalue weighted by molar-refractivity contribution is 0.100. The van der Waals surface area contributed by atoms with E-state index in [1.54, 1.807) is 6.07 Å². The van der Waals surface area contributed by atoms with Crippen LogP contribution in [0.5, 0.6) is 0 Å². The molecule has 100 valence electrons. The van der Waals surface area contributed by atoms with Crippen LogP contribution in [0.3, 0.4) is 0 Å². The monoisotopic (exact) mass is 258 g/mol. The molecule has 0 aliphatic heterocycles. The first-order chi connectivity index (χ1) is 9.13. The number of anilines is 1. The van der Waals surface area contributed by atoms with Gasteiger partial charge in [-0.2, -0.15) is 0 Å². The molecule has 0 aliphatic carbocycles. The number of carbonyl (C=O) groups excluding carboxylic acids is 1. The molecule has 0 aliphatic rings. The third-order valence-electron chi connectivity index (χ3n) is 3.03. The van der Waals surface area contributed by atoms with Crippen LogP contribution in [-0.2, 0) is 0 Å². The van der Waals surface area contributed by atoms with E-state index in [-0.39, 0.29) is 0 Å². The molecule has 1 aromatic heterocycles. The summed E-state index contributed by atoms with van der Waals surface area (Å²) in [5.41, 5.74) is 6.77. The van der Waals surface area contributed by atoms with Gasteiger partial charge in [-0.1, -0.05) is 18.2 Å². The number of primary amides is 1. The summed E-state index contributed by atoms with van der Waals surface area (Å²) < 4.78 is 0. The standard InChI is InChI=1S/C14H18N4O/c1-16-7-8-18(2)14-11(13(15)19)9-10-5-3-4-6-12(10)17-14/h3-6,9,16H,7-8H2,1-2H3,(H2,15,19). The predicted octanol–water partition coefficient (Wildman–Crippen LogP) is 0.989. The van der Waals surface area contributed by atoms with Gasteiger partial charge in [-0.3, -0.25) is 4.79 Å². The summed E-state index contributed by atoms with van der Waals surface area (Å²) in [4.78, 5) is 18.1. The SMILES string of the molecule is CNCCN(C)c1nc2ccccc2cc1C(N)=O. The van der Waals surface area contributed by atoms with Gasteiger partial charge in [0, 0.05) is 25.5 Å². The van der Waals surface area contributed by atoms with Crippen LogP contribution in [0.2, 0.25) is 0 Å². The number of nitrogens with two attached hydrogens (primary N) is 1. The molecule has 3 N–H and O–H groups in total. The lowest BCUT2D eigenvalue weighted by Gasteiger charge is -2.20. The predicted molar refractivity (Wildman–Crippen MR) is 77.5 cm³/mol. The van der Waals surface area contributed by atoms with E-state index in [2.05, 4.69) is 10.3 Å². The van der Waals surface area contributed by atoms with Crippen LogP contribution in [0.15, 0.2) is 30.3 Å². The Bertz CT molecular complexity index is 597. The average Bonchev–Trinajstić information content (AvgIpc) is 2.43. The number of hydrogen-bond donors (Lipinski definition) is 2. The molecule has 1 amide bonds. The van der Waals surface area contributed by atoms with Crippen LogP contribution >= 0.6 is 0 Å². The zero-order valence-electron chi connectivity index (χ0n) is 11.2. The van der Waals surface area contributed by atoms with E-state index in [4.69, 9.17) is 5.73 Å². The number of para-hydroxylation sites is 1. The molecular weight excluding hydrogens is 240 g/mol. The van der Waals surface area contributed by atoms with Gasteiger partial charge in [0.25, 0.3) is 5.91 Å². The third kappa shape index (κ3) is 2.82. The number of benzene rings is 1. The Labute approximate surface area is 112 Å². The maximum atomic E-state index is 11.6. The average molecular weight is 258 g/mol. The highest BCUT2D eigenvalue weighted by molar-refractivity contribution is 6.01. The highest BCUT2D eigenvalue weighted by Gasteiger charge is 2.14. The van der Waals surface area contributed by atoms with E-state index in [9.17, 15) is 4.79 Å². The molecule has 0 atom stereocenters. The molecule has 5 heteroatoms. The second-order valence-electron chi connectivity index (χ2n) is 4.44. The molecule has 2 rings (SSSR count). The van der Waals surface area contributed by atoms with Crippen molar-refractivity contribution in [2.75, 3.05) is 32.1 Å². The van der Waals surface area contributed by atoms with E-state index in [0.717, 1.165) is 24.0 Å². The molecule has 1 aromatic carbocycles. The maximum absolute atomic E-state index is 11.6. The van der Waals surface area contributed by atoms with E-state index in [1.165, 1.54) is 0 Å². The highest BCUT2D eigenvalue weighted by atomic mass is 16.1. The van der Waals surface area contributed by atoms with Crippen LogP contribution in [0.1, 0.15) is 10.4 Å². The third-order valence-corrected chi connectivity index (χ3v) is 3.03. The molecule has 1 heterocycles. The van der Waals surface area contributed by atoms with Gasteiger partial charge in [-0.25, -0.2) is 4.98 Å². The lowest BCUT2D eigenvalue weighted by Crippen LogP contribution is -2.30. The number of rotatable bonds is 5. The number of fused-ring (bicyclic) bond motifs is 1. The van der Waals surface area contributed by atoms with Crippen molar-refractivity contribution < 1.29 is 4.79 Å². The van der Waals surface area contributed by atoms with Crippen molar-refractivity contribution in [3.8, 4) is 0 Å². The molecule has 5 nitrogen and oxygen atoms in total. The normalized spacial score (nSPS) is 10.6. The Morgan fingerprint density at radius 1 is 1.42 bits per heavy atom. The second kappa shape index (κ2) is 5.67. The summed E-state index contributed by atoms with van der Waals surface area (Å²) in [6.45, 7) is 1.56. The van der Waals surface area contributed by atoms with Crippen molar-refractivity contribution >= 4 is 22.6 Å². The minimum atomic E-state index is -0.454. The van der Waals surface area contributed by atoms with Crippen LogP contribution < -0.4 is 16.0 Å². The summed E-state index contributed by atoms with van der Waals surface area (Å²) in [7, 11) is 3.79. The van der Waals surface area contributed by atoms with Crippen LogP contribution in [0.25, 0.3) is 10.9 Å². The van der Waals surface area contributed by atoms with Gasteiger partial charge in [-0.15, -0.1) is 0 Å². The fourth-order valence-corrected chi connectivity index (χ4v) is 1.96. The molecule has 2 aromatic rings. The molecule has 0 radical (unpaired) electrons. The zero-order valence-corrected chi connectivity index (χ0v) is 11.2. The fraction of sp³-hybridized carbons (Fsp3) is 0.286. The number of amides is 1. The maximum Gasteiger partial charge on any atom is 0.252 e. The van der Waals surface area contributed by atoms with E-state index in [0.29, 0.717) is 11.4 Å². The molecule has 0 unspecified atom stereocenters. The van der Waals surface area contributed by atoms with Crippen LogP contribution in [0, 0.1) is 0 Å². The number of carbonyl (C=O) groups is 1. The van der Waals surface area contributed by atoms with Gasteiger partial charge in [0.15, 0.2) is 0 Å². The number of aromatic nitrogens is 1. The number of pyridine rings is 1. The first-order valence-electron chi connectivity index (χ1n) is 6.19. The number of hydrogen-bond acceptors (Lipinski definition) is 4. The van der Waals surface area contributed by atoms with E-state index >= 15 is 0 Å². The van der Waals surface area contributed by atoms with E-state index in [1.807, 2.05) is 43.3 Å². The van der Waals surface area contributed by atoms with Crippen molar-refractivity contribution in [2.24, 2.45) is 5.73 Å². The van der Waals surface area contributed by atoms with Crippen molar-refractivity contribution in [1.82, 2.24) is 10.3 Å². The largest absolute Gasteiger partial charge is 0.365 e. The molecule has 0 fully saturated rings. The molecule has 0 saturated carbocycles. The molecular formula is C14H18N4O. The Kier molecular flexibility index (Phi) is 3.97. The highest BCUT2D eigenvalue weighted by Crippen LogP contribution is 2.22. The van der Waals surface area contributed by atoms with Crippen molar-refractivity contribution in [3.63, 3.8) is 0 Å². The van der Waals surface area contributed by atoms with Gasteiger partial charge in [0.2, 0.25) is 0 Å². The molecule has 19 heavy (non-hydrogen) atoms.